The molecule has 0 radical (unpaired) electrons. The van der Waals surface area contributed by atoms with Gasteiger partial charge in [-0.25, -0.2) is 13.4 Å². The summed E-state index contributed by atoms with van der Waals surface area (Å²) in [5.41, 5.74) is 3.49. The molecule has 5 nitrogen and oxygen atoms in total. The molecule has 2 aromatic carbocycles. The van der Waals surface area contributed by atoms with E-state index < -0.39 is 9.84 Å². The summed E-state index contributed by atoms with van der Waals surface area (Å²) in [5.74, 6) is 0.822. The predicted octanol–water partition coefficient (Wildman–Crippen LogP) is 3.61. The fraction of sp³-hybridized carbons (Fsp3) is 0.350. The molecule has 2 aromatic rings. The quantitative estimate of drug-likeness (QED) is 0.373. The fourth-order valence-electron chi connectivity index (χ4n) is 2.60. The maximum absolute atomic E-state index is 11.5. The van der Waals surface area contributed by atoms with Crippen LogP contribution in [0.5, 0.6) is 0 Å². The molecule has 0 fully saturated rings. The largest absolute Gasteiger partial charge is 0.357 e. The normalized spacial score (nSPS) is 11.6. The fourth-order valence-corrected chi connectivity index (χ4v) is 3.23. The minimum absolute atomic E-state index is 0. The van der Waals surface area contributed by atoms with Crippen LogP contribution in [0.3, 0.4) is 0 Å². The molecule has 7 heteroatoms. The summed E-state index contributed by atoms with van der Waals surface area (Å²) in [6.07, 6.45) is 1.21. The smallest absolute Gasteiger partial charge is 0.194 e. The first kappa shape index (κ1) is 23.4. The van der Waals surface area contributed by atoms with Crippen LogP contribution in [0.4, 0.5) is 0 Å². The van der Waals surface area contributed by atoms with Crippen molar-refractivity contribution < 1.29 is 8.42 Å². The Morgan fingerprint density at radius 2 is 1.74 bits per heavy atom. The molecule has 0 atom stereocenters. The molecule has 0 saturated heterocycles. The molecule has 0 aliphatic rings. The van der Waals surface area contributed by atoms with Gasteiger partial charge in [0, 0.05) is 26.4 Å². The average molecular weight is 501 g/mol. The van der Waals surface area contributed by atoms with E-state index in [4.69, 9.17) is 0 Å². The maximum atomic E-state index is 11.5. The number of nitrogens with one attached hydrogen (secondary N) is 1. The summed E-state index contributed by atoms with van der Waals surface area (Å²) in [4.78, 5) is 7.10. The summed E-state index contributed by atoms with van der Waals surface area (Å²) < 4.78 is 23.1. The van der Waals surface area contributed by atoms with Crippen LogP contribution in [0.25, 0.3) is 0 Å². The zero-order chi connectivity index (χ0) is 19.2. The van der Waals surface area contributed by atoms with Crippen LogP contribution in [0.15, 0.2) is 58.4 Å². The second-order valence-corrected chi connectivity index (χ2v) is 8.38. The first-order valence-electron chi connectivity index (χ1n) is 8.64. The Balaban J connectivity index is 0.00000364. The number of aliphatic imine (C=N–C) groups is 1. The standard InChI is InChI=1S/C20H27N3O2S.HI/c1-5-21-20(23(3)15-18-9-7-6-8-16(18)2)22-14-17-10-12-19(13-11-17)26(4,24)25;/h6-13H,5,14-15H2,1-4H3,(H,21,22);1H. The SMILES string of the molecule is CCNC(=NCc1ccc(S(C)(=O)=O)cc1)N(C)Cc1ccccc1C.I. The molecule has 27 heavy (non-hydrogen) atoms. The third kappa shape index (κ3) is 7.14. The Bertz CT molecular complexity index is 865. The van der Waals surface area contributed by atoms with Crippen molar-refractivity contribution in [3.8, 4) is 0 Å². The number of sulfone groups is 1. The third-order valence-corrected chi connectivity index (χ3v) is 5.26. The van der Waals surface area contributed by atoms with Gasteiger partial charge in [0.2, 0.25) is 0 Å². The van der Waals surface area contributed by atoms with Crippen molar-refractivity contribution in [1.82, 2.24) is 10.2 Å². The van der Waals surface area contributed by atoms with Crippen molar-refractivity contribution in [2.24, 2.45) is 4.99 Å². The van der Waals surface area contributed by atoms with Gasteiger partial charge < -0.3 is 10.2 Å². The molecule has 0 aliphatic carbocycles. The van der Waals surface area contributed by atoms with Gasteiger partial charge in [-0.05, 0) is 42.7 Å². The Hall–Kier alpha value is -1.61. The van der Waals surface area contributed by atoms with E-state index in [9.17, 15) is 8.42 Å². The summed E-state index contributed by atoms with van der Waals surface area (Å²) in [7, 11) is -1.15. The summed E-state index contributed by atoms with van der Waals surface area (Å²) >= 11 is 0. The highest BCUT2D eigenvalue weighted by atomic mass is 127. The minimum atomic E-state index is -3.17. The van der Waals surface area contributed by atoms with Gasteiger partial charge in [0.15, 0.2) is 15.8 Å². The van der Waals surface area contributed by atoms with Gasteiger partial charge in [0.25, 0.3) is 0 Å². The second kappa shape index (κ2) is 10.7. The topological polar surface area (TPSA) is 61.8 Å². The van der Waals surface area contributed by atoms with E-state index in [2.05, 4.69) is 34.3 Å². The molecule has 1 N–H and O–H groups in total. The lowest BCUT2D eigenvalue weighted by atomic mass is 10.1. The van der Waals surface area contributed by atoms with Crippen LogP contribution in [-0.2, 0) is 22.9 Å². The monoisotopic (exact) mass is 501 g/mol. The van der Waals surface area contributed by atoms with Crippen molar-refractivity contribution in [2.45, 2.75) is 31.8 Å². The number of rotatable bonds is 6. The number of nitrogens with zero attached hydrogens (tertiary/aromatic N) is 2. The number of guanidine groups is 1. The lowest BCUT2D eigenvalue weighted by Crippen LogP contribution is -2.38. The van der Waals surface area contributed by atoms with E-state index >= 15 is 0 Å². The summed E-state index contributed by atoms with van der Waals surface area (Å²) in [5, 5.41) is 3.31. The summed E-state index contributed by atoms with van der Waals surface area (Å²) in [6, 6.07) is 15.2. The molecule has 0 unspecified atom stereocenters. The maximum Gasteiger partial charge on any atom is 0.194 e. The van der Waals surface area contributed by atoms with E-state index in [0.717, 1.165) is 24.6 Å². The van der Waals surface area contributed by atoms with Crippen LogP contribution < -0.4 is 5.32 Å². The zero-order valence-corrected chi connectivity index (χ0v) is 19.4. The van der Waals surface area contributed by atoms with Crippen LogP contribution in [0.1, 0.15) is 23.6 Å². The molecular weight excluding hydrogens is 473 g/mol. The van der Waals surface area contributed by atoms with Gasteiger partial charge in [0.1, 0.15) is 0 Å². The van der Waals surface area contributed by atoms with Crippen LogP contribution in [-0.4, -0.2) is 39.1 Å². The molecule has 0 heterocycles. The minimum Gasteiger partial charge on any atom is -0.357 e. The van der Waals surface area contributed by atoms with Gasteiger partial charge in [-0.3, -0.25) is 0 Å². The van der Waals surface area contributed by atoms with Crippen molar-refractivity contribution in [1.29, 1.82) is 0 Å². The number of benzene rings is 2. The van der Waals surface area contributed by atoms with Crippen molar-refractivity contribution in [3.05, 3.63) is 65.2 Å². The van der Waals surface area contributed by atoms with Crippen molar-refractivity contribution in [2.75, 3.05) is 19.8 Å². The van der Waals surface area contributed by atoms with E-state index in [1.165, 1.54) is 17.4 Å². The summed E-state index contributed by atoms with van der Waals surface area (Å²) in [6.45, 7) is 6.19. The zero-order valence-electron chi connectivity index (χ0n) is 16.3. The first-order chi connectivity index (χ1) is 12.3. The molecule has 0 saturated carbocycles. The van der Waals surface area contributed by atoms with E-state index in [1.807, 2.05) is 38.2 Å². The lowest BCUT2D eigenvalue weighted by molar-refractivity contribution is 0.475. The Labute approximate surface area is 179 Å². The van der Waals surface area contributed by atoms with Gasteiger partial charge in [0.05, 0.1) is 11.4 Å². The second-order valence-electron chi connectivity index (χ2n) is 6.37. The lowest BCUT2D eigenvalue weighted by Gasteiger charge is -2.23. The highest BCUT2D eigenvalue weighted by molar-refractivity contribution is 14.0. The highest BCUT2D eigenvalue weighted by Crippen LogP contribution is 2.12. The van der Waals surface area contributed by atoms with Crippen LogP contribution in [0.2, 0.25) is 0 Å². The first-order valence-corrected chi connectivity index (χ1v) is 10.5. The van der Waals surface area contributed by atoms with Crippen LogP contribution >= 0.6 is 24.0 Å². The highest BCUT2D eigenvalue weighted by Gasteiger charge is 2.09. The van der Waals surface area contributed by atoms with Gasteiger partial charge in [-0.1, -0.05) is 36.4 Å². The molecule has 0 amide bonds. The molecule has 0 aromatic heterocycles. The Kier molecular flexibility index (Phi) is 9.25. The molecule has 0 aliphatic heterocycles. The number of hydrogen-bond acceptors (Lipinski definition) is 3. The van der Waals surface area contributed by atoms with Gasteiger partial charge in [-0.2, -0.15) is 0 Å². The van der Waals surface area contributed by atoms with Crippen molar-refractivity contribution >= 4 is 39.8 Å². The van der Waals surface area contributed by atoms with E-state index in [1.54, 1.807) is 12.1 Å². The number of hydrogen-bond donors (Lipinski definition) is 1. The van der Waals surface area contributed by atoms with Crippen molar-refractivity contribution in [3.63, 3.8) is 0 Å². The Morgan fingerprint density at radius 3 is 2.30 bits per heavy atom. The molecule has 148 valence electrons. The molecule has 2 rings (SSSR count). The molecule has 0 spiro atoms. The van der Waals surface area contributed by atoms with Gasteiger partial charge in [-0.15, -0.1) is 24.0 Å². The molecular formula is C20H28IN3O2S. The number of halogens is 1. The predicted molar refractivity (Wildman–Crippen MR) is 122 cm³/mol. The number of aryl methyl sites for hydroxylation is 1. The average Bonchev–Trinajstić information content (AvgIpc) is 2.60. The van der Waals surface area contributed by atoms with E-state index in [0.29, 0.717) is 11.4 Å². The molecule has 0 bridgehead atoms. The van der Waals surface area contributed by atoms with Crippen LogP contribution in [0, 0.1) is 6.92 Å². The third-order valence-electron chi connectivity index (χ3n) is 4.13. The van der Waals surface area contributed by atoms with E-state index in [-0.39, 0.29) is 24.0 Å². The van der Waals surface area contributed by atoms with Gasteiger partial charge >= 0.3 is 0 Å². The Morgan fingerprint density at radius 1 is 1.11 bits per heavy atom.